The number of nitrogens with two attached hydrogens (primary N) is 1. The first-order chi connectivity index (χ1) is 9.54. The molecule has 0 spiro atoms. The first-order valence-corrected chi connectivity index (χ1v) is 7.38. The lowest BCUT2D eigenvalue weighted by molar-refractivity contribution is -0.135. The van der Waals surface area contributed by atoms with Crippen LogP contribution in [0.25, 0.3) is 0 Å². The van der Waals surface area contributed by atoms with E-state index in [1.165, 1.54) is 4.90 Å². The second-order valence-corrected chi connectivity index (χ2v) is 5.91. The lowest BCUT2D eigenvalue weighted by Crippen LogP contribution is -2.42. The van der Waals surface area contributed by atoms with Crippen molar-refractivity contribution in [3.05, 3.63) is 34.3 Å². The maximum absolute atomic E-state index is 12.1. The highest BCUT2D eigenvalue weighted by molar-refractivity contribution is 9.10. The number of primary amides is 1. The van der Waals surface area contributed by atoms with E-state index in [9.17, 15) is 9.59 Å². The third kappa shape index (κ3) is 4.94. The van der Waals surface area contributed by atoms with E-state index in [2.05, 4.69) is 21.2 Å². The summed E-state index contributed by atoms with van der Waals surface area (Å²) in [6, 6.07) is 8.11. The molecule has 0 bridgehead atoms. The van der Waals surface area contributed by atoms with Crippen LogP contribution in [0.4, 0.5) is 0 Å². The zero-order valence-corrected chi connectivity index (χ0v) is 12.7. The Hall–Kier alpha value is -1.40. The van der Waals surface area contributed by atoms with Crippen LogP contribution in [0.3, 0.4) is 0 Å². The number of carbonyl (C=O) groups excluding carboxylic acids is 2. The van der Waals surface area contributed by atoms with Crippen LogP contribution in [0.15, 0.2) is 28.7 Å². The fourth-order valence-corrected chi connectivity index (χ4v) is 2.13. The summed E-state index contributed by atoms with van der Waals surface area (Å²) in [5.41, 5.74) is 6.18. The molecule has 6 heteroatoms. The van der Waals surface area contributed by atoms with Gasteiger partial charge in [-0.3, -0.25) is 9.59 Å². The molecular weight excluding hydrogens is 322 g/mol. The van der Waals surface area contributed by atoms with Gasteiger partial charge in [-0.15, -0.1) is 0 Å². The number of hydrogen-bond donors (Lipinski definition) is 2. The predicted octanol–water partition coefficient (Wildman–Crippen LogP) is 1.01. The third-order valence-corrected chi connectivity index (χ3v) is 3.63. The van der Waals surface area contributed by atoms with Gasteiger partial charge in [-0.2, -0.15) is 0 Å². The van der Waals surface area contributed by atoms with Crippen molar-refractivity contribution in [2.24, 2.45) is 5.73 Å². The van der Waals surface area contributed by atoms with E-state index in [1.807, 2.05) is 24.3 Å². The highest BCUT2D eigenvalue weighted by atomic mass is 79.9. The number of benzene rings is 1. The van der Waals surface area contributed by atoms with Crippen LogP contribution in [0, 0.1) is 0 Å². The Morgan fingerprint density at radius 3 is 2.50 bits per heavy atom. The van der Waals surface area contributed by atoms with Gasteiger partial charge >= 0.3 is 0 Å². The number of nitrogens with one attached hydrogen (secondary N) is 1. The molecule has 2 rings (SSSR count). The number of nitrogens with zero attached hydrogens (tertiary/aromatic N) is 1. The molecule has 1 fully saturated rings. The Morgan fingerprint density at radius 1 is 1.30 bits per heavy atom. The first kappa shape index (κ1) is 15.0. The van der Waals surface area contributed by atoms with E-state index < -0.39 is 5.91 Å². The van der Waals surface area contributed by atoms with Gasteiger partial charge in [0.25, 0.3) is 0 Å². The van der Waals surface area contributed by atoms with Crippen LogP contribution < -0.4 is 11.1 Å². The minimum atomic E-state index is -0.498. The smallest absolute Gasteiger partial charge is 0.237 e. The summed E-state index contributed by atoms with van der Waals surface area (Å²) in [6.45, 7) is 0.594. The molecule has 1 aromatic carbocycles. The van der Waals surface area contributed by atoms with E-state index >= 15 is 0 Å². The van der Waals surface area contributed by atoms with Gasteiger partial charge in [-0.25, -0.2) is 0 Å². The second kappa shape index (κ2) is 6.85. The summed E-state index contributed by atoms with van der Waals surface area (Å²) < 4.78 is 0.976. The fourth-order valence-electron chi connectivity index (χ4n) is 1.86. The van der Waals surface area contributed by atoms with Crippen molar-refractivity contribution in [3.8, 4) is 0 Å². The minimum Gasteiger partial charge on any atom is -0.368 e. The average Bonchev–Trinajstić information content (AvgIpc) is 3.21. The Morgan fingerprint density at radius 2 is 1.95 bits per heavy atom. The van der Waals surface area contributed by atoms with E-state index in [0.717, 1.165) is 22.9 Å². The molecule has 0 aliphatic heterocycles. The van der Waals surface area contributed by atoms with Crippen molar-refractivity contribution in [3.63, 3.8) is 0 Å². The van der Waals surface area contributed by atoms with E-state index in [4.69, 9.17) is 5.73 Å². The van der Waals surface area contributed by atoms with Gasteiger partial charge < -0.3 is 16.0 Å². The van der Waals surface area contributed by atoms with Gasteiger partial charge in [-0.1, -0.05) is 28.1 Å². The lowest BCUT2D eigenvalue weighted by atomic mass is 10.2. The van der Waals surface area contributed by atoms with E-state index in [0.29, 0.717) is 12.6 Å². The molecule has 0 atom stereocenters. The number of halogens is 1. The zero-order chi connectivity index (χ0) is 14.5. The standard InChI is InChI=1S/C14H18BrN3O2/c15-11-3-1-10(2-4-11)8-18(9-13(16)19)14(20)7-17-12-5-6-12/h1-4,12,17H,5-9H2,(H2,16,19). The molecule has 108 valence electrons. The van der Waals surface area contributed by atoms with Crippen LogP contribution >= 0.6 is 15.9 Å². The zero-order valence-electron chi connectivity index (χ0n) is 11.1. The molecule has 20 heavy (non-hydrogen) atoms. The Balaban J connectivity index is 1.95. The number of carbonyl (C=O) groups is 2. The van der Waals surface area contributed by atoms with E-state index in [-0.39, 0.29) is 19.0 Å². The minimum absolute atomic E-state index is 0.0543. The van der Waals surface area contributed by atoms with Gasteiger partial charge in [-0.05, 0) is 30.5 Å². The summed E-state index contributed by atoms with van der Waals surface area (Å²) >= 11 is 3.36. The quantitative estimate of drug-likeness (QED) is 0.778. The molecule has 0 aromatic heterocycles. The van der Waals surface area contributed by atoms with Crippen LogP contribution in [0.2, 0.25) is 0 Å². The summed E-state index contributed by atoms with van der Waals surface area (Å²) in [6.07, 6.45) is 2.24. The van der Waals surface area contributed by atoms with Crippen molar-refractivity contribution in [2.75, 3.05) is 13.1 Å². The van der Waals surface area contributed by atoms with Gasteiger partial charge in [0, 0.05) is 17.1 Å². The molecule has 0 heterocycles. The topological polar surface area (TPSA) is 75.4 Å². The summed E-state index contributed by atoms with van der Waals surface area (Å²) in [5, 5.41) is 3.15. The van der Waals surface area contributed by atoms with Crippen LogP contribution in [-0.2, 0) is 16.1 Å². The van der Waals surface area contributed by atoms with Crippen LogP contribution in [0.5, 0.6) is 0 Å². The number of amides is 2. The van der Waals surface area contributed by atoms with Crippen molar-refractivity contribution >= 4 is 27.7 Å². The van der Waals surface area contributed by atoms with Gasteiger partial charge in [0.05, 0.1) is 13.1 Å². The monoisotopic (exact) mass is 339 g/mol. The Labute approximate surface area is 126 Å². The van der Waals surface area contributed by atoms with Crippen LogP contribution in [0.1, 0.15) is 18.4 Å². The van der Waals surface area contributed by atoms with Crippen LogP contribution in [-0.4, -0.2) is 35.8 Å². The first-order valence-electron chi connectivity index (χ1n) is 6.58. The lowest BCUT2D eigenvalue weighted by Gasteiger charge is -2.21. The SMILES string of the molecule is NC(=O)CN(Cc1ccc(Br)cc1)C(=O)CNC1CC1. The number of hydrogen-bond acceptors (Lipinski definition) is 3. The predicted molar refractivity (Wildman–Crippen MR) is 79.8 cm³/mol. The molecule has 1 aliphatic rings. The molecule has 0 unspecified atom stereocenters. The highest BCUT2D eigenvalue weighted by Gasteiger charge is 2.23. The fraction of sp³-hybridized carbons (Fsp3) is 0.429. The molecule has 1 saturated carbocycles. The normalized spacial score (nSPS) is 14.1. The maximum atomic E-state index is 12.1. The molecule has 1 aliphatic carbocycles. The average molecular weight is 340 g/mol. The molecule has 0 radical (unpaired) electrons. The molecule has 0 saturated heterocycles. The van der Waals surface area contributed by atoms with Gasteiger partial charge in [0.15, 0.2) is 0 Å². The van der Waals surface area contributed by atoms with Crippen molar-refractivity contribution in [1.29, 1.82) is 0 Å². The molecule has 5 nitrogen and oxygen atoms in total. The molecular formula is C14H18BrN3O2. The Bertz CT molecular complexity index is 486. The number of rotatable bonds is 7. The molecule has 1 aromatic rings. The molecule has 3 N–H and O–H groups in total. The largest absolute Gasteiger partial charge is 0.368 e. The third-order valence-electron chi connectivity index (χ3n) is 3.11. The van der Waals surface area contributed by atoms with E-state index in [1.54, 1.807) is 0 Å². The maximum Gasteiger partial charge on any atom is 0.237 e. The van der Waals surface area contributed by atoms with Crippen molar-refractivity contribution in [1.82, 2.24) is 10.2 Å². The summed E-state index contributed by atoms with van der Waals surface area (Å²) in [7, 11) is 0. The van der Waals surface area contributed by atoms with Crippen molar-refractivity contribution < 1.29 is 9.59 Å². The van der Waals surface area contributed by atoms with Gasteiger partial charge in [0.2, 0.25) is 11.8 Å². The summed E-state index contributed by atoms with van der Waals surface area (Å²) in [4.78, 5) is 24.7. The second-order valence-electron chi connectivity index (χ2n) is 5.00. The summed E-state index contributed by atoms with van der Waals surface area (Å²) in [5.74, 6) is -0.597. The molecule has 2 amide bonds. The van der Waals surface area contributed by atoms with Crippen molar-refractivity contribution in [2.45, 2.75) is 25.4 Å². The highest BCUT2D eigenvalue weighted by Crippen LogP contribution is 2.18. The van der Waals surface area contributed by atoms with Gasteiger partial charge in [0.1, 0.15) is 0 Å². The Kier molecular flexibility index (Phi) is 5.14.